The number of aromatic nitrogens is 3. The molecule has 0 spiro atoms. The Bertz CT molecular complexity index is 302. The molecular weight excluding hydrogens is 166 g/mol. The molecule has 0 radical (unpaired) electrons. The summed E-state index contributed by atoms with van der Waals surface area (Å²) in [6, 6.07) is 0.341. The molecular formula is C9H15N3O. The largest absolute Gasteiger partial charge is 0.388 e. The maximum Gasteiger partial charge on any atom is 0.159 e. The fraction of sp³-hybridized carbons (Fsp3) is 0.778. The van der Waals surface area contributed by atoms with Crippen molar-refractivity contribution < 1.29 is 5.11 Å². The molecule has 1 aliphatic rings. The Morgan fingerprint density at radius 1 is 1.46 bits per heavy atom. The molecule has 72 valence electrons. The van der Waals surface area contributed by atoms with Gasteiger partial charge in [-0.1, -0.05) is 0 Å². The predicted octanol–water partition coefficient (Wildman–Crippen LogP) is 1.23. The second-order valence-electron chi connectivity index (χ2n) is 3.87. The van der Waals surface area contributed by atoms with Crippen molar-refractivity contribution >= 4 is 0 Å². The first-order valence-electron chi connectivity index (χ1n) is 4.78. The summed E-state index contributed by atoms with van der Waals surface area (Å²) in [7, 11) is 0. The molecule has 4 heteroatoms. The van der Waals surface area contributed by atoms with E-state index in [4.69, 9.17) is 5.11 Å². The molecule has 0 saturated heterocycles. The molecule has 0 bridgehead atoms. The van der Waals surface area contributed by atoms with Gasteiger partial charge in [-0.2, -0.15) is 0 Å². The Kier molecular flexibility index (Phi) is 2.07. The van der Waals surface area contributed by atoms with Crippen LogP contribution in [0.1, 0.15) is 50.3 Å². The highest BCUT2D eigenvalue weighted by atomic mass is 16.3. The van der Waals surface area contributed by atoms with Crippen molar-refractivity contribution in [2.45, 2.75) is 45.3 Å². The summed E-state index contributed by atoms with van der Waals surface area (Å²) in [6.45, 7) is 4.17. The smallest absolute Gasteiger partial charge is 0.159 e. The van der Waals surface area contributed by atoms with E-state index in [9.17, 15) is 0 Å². The molecule has 13 heavy (non-hydrogen) atoms. The fourth-order valence-corrected chi connectivity index (χ4v) is 1.63. The van der Waals surface area contributed by atoms with Crippen molar-refractivity contribution in [3.8, 4) is 0 Å². The molecule has 1 heterocycles. The fourth-order valence-electron chi connectivity index (χ4n) is 1.63. The third-order valence-corrected chi connectivity index (χ3v) is 2.39. The highest BCUT2D eigenvalue weighted by Gasteiger charge is 2.30. The summed E-state index contributed by atoms with van der Waals surface area (Å²) in [6.07, 6.45) is 2.44. The van der Waals surface area contributed by atoms with Crippen LogP contribution < -0.4 is 0 Å². The predicted molar refractivity (Wildman–Crippen MR) is 48.3 cm³/mol. The topological polar surface area (TPSA) is 50.9 Å². The van der Waals surface area contributed by atoms with Gasteiger partial charge in [0.05, 0.1) is 0 Å². The molecule has 1 N–H and O–H groups in total. The van der Waals surface area contributed by atoms with E-state index in [2.05, 4.69) is 28.6 Å². The molecule has 2 rings (SSSR count). The summed E-state index contributed by atoms with van der Waals surface area (Å²) in [5.74, 6) is 2.34. The number of nitrogens with zero attached hydrogens (tertiary/aromatic N) is 3. The van der Waals surface area contributed by atoms with E-state index < -0.39 is 0 Å². The zero-order valence-electron chi connectivity index (χ0n) is 8.06. The van der Waals surface area contributed by atoms with Gasteiger partial charge in [0.25, 0.3) is 0 Å². The van der Waals surface area contributed by atoms with Gasteiger partial charge in [0.1, 0.15) is 12.4 Å². The molecule has 1 fully saturated rings. The minimum atomic E-state index is -0.0160. The summed E-state index contributed by atoms with van der Waals surface area (Å²) in [5, 5.41) is 17.2. The van der Waals surface area contributed by atoms with E-state index in [0.29, 0.717) is 17.8 Å². The van der Waals surface area contributed by atoms with Gasteiger partial charge < -0.3 is 9.67 Å². The Morgan fingerprint density at radius 3 is 2.62 bits per heavy atom. The van der Waals surface area contributed by atoms with E-state index in [1.165, 1.54) is 12.8 Å². The van der Waals surface area contributed by atoms with Gasteiger partial charge in [0, 0.05) is 12.0 Å². The van der Waals surface area contributed by atoms with E-state index >= 15 is 0 Å². The Hall–Kier alpha value is -0.900. The van der Waals surface area contributed by atoms with E-state index in [0.717, 1.165) is 5.82 Å². The van der Waals surface area contributed by atoms with Crippen LogP contribution in [-0.2, 0) is 6.61 Å². The first-order chi connectivity index (χ1) is 6.24. The van der Waals surface area contributed by atoms with Crippen LogP contribution in [0.2, 0.25) is 0 Å². The third kappa shape index (κ3) is 1.46. The van der Waals surface area contributed by atoms with E-state index in [-0.39, 0.29) is 6.61 Å². The second-order valence-corrected chi connectivity index (χ2v) is 3.87. The van der Waals surface area contributed by atoms with Gasteiger partial charge in [0.15, 0.2) is 5.82 Å². The average molecular weight is 181 g/mol. The van der Waals surface area contributed by atoms with Gasteiger partial charge in [0.2, 0.25) is 0 Å². The summed E-state index contributed by atoms with van der Waals surface area (Å²) < 4.78 is 2.05. The minimum absolute atomic E-state index is 0.0160. The van der Waals surface area contributed by atoms with Gasteiger partial charge >= 0.3 is 0 Å². The molecule has 0 aliphatic heterocycles. The van der Waals surface area contributed by atoms with Gasteiger partial charge in [-0.25, -0.2) is 0 Å². The Morgan fingerprint density at radius 2 is 2.15 bits per heavy atom. The first kappa shape index (κ1) is 8.69. The second kappa shape index (κ2) is 3.10. The molecule has 1 aliphatic carbocycles. The molecule has 0 aromatic carbocycles. The van der Waals surface area contributed by atoms with Crippen molar-refractivity contribution in [3.05, 3.63) is 11.6 Å². The van der Waals surface area contributed by atoms with Gasteiger partial charge in [-0.15, -0.1) is 10.2 Å². The SMILES string of the molecule is CC(C)n1c(CO)nnc1C1CC1. The Labute approximate surface area is 77.6 Å². The summed E-state index contributed by atoms with van der Waals surface area (Å²) in [5.41, 5.74) is 0. The number of aliphatic hydroxyl groups is 1. The van der Waals surface area contributed by atoms with E-state index in [1.807, 2.05) is 0 Å². The van der Waals surface area contributed by atoms with Crippen molar-refractivity contribution in [1.29, 1.82) is 0 Å². The normalized spacial score (nSPS) is 16.9. The lowest BCUT2D eigenvalue weighted by Gasteiger charge is -2.12. The highest BCUT2D eigenvalue weighted by Crippen LogP contribution is 2.39. The van der Waals surface area contributed by atoms with Crippen LogP contribution in [0.3, 0.4) is 0 Å². The standard InChI is InChI=1S/C9H15N3O/c1-6(2)12-8(5-13)10-11-9(12)7-3-4-7/h6-7,13H,3-5H2,1-2H3. The average Bonchev–Trinajstić information content (AvgIpc) is 2.84. The molecule has 0 atom stereocenters. The van der Waals surface area contributed by atoms with Crippen LogP contribution >= 0.6 is 0 Å². The third-order valence-electron chi connectivity index (χ3n) is 2.39. The lowest BCUT2D eigenvalue weighted by molar-refractivity contribution is 0.261. The monoisotopic (exact) mass is 181 g/mol. The molecule has 0 unspecified atom stereocenters. The Balaban J connectivity index is 2.38. The van der Waals surface area contributed by atoms with Crippen LogP contribution in [0.15, 0.2) is 0 Å². The quantitative estimate of drug-likeness (QED) is 0.763. The number of rotatable bonds is 3. The number of aliphatic hydroxyl groups excluding tert-OH is 1. The molecule has 1 aromatic rings. The molecule has 4 nitrogen and oxygen atoms in total. The van der Waals surface area contributed by atoms with Crippen LogP contribution in [-0.4, -0.2) is 19.9 Å². The minimum Gasteiger partial charge on any atom is -0.388 e. The zero-order chi connectivity index (χ0) is 9.42. The summed E-state index contributed by atoms with van der Waals surface area (Å²) >= 11 is 0. The first-order valence-corrected chi connectivity index (χ1v) is 4.78. The lowest BCUT2D eigenvalue weighted by atomic mass is 10.3. The molecule has 0 amide bonds. The van der Waals surface area contributed by atoms with Crippen molar-refractivity contribution in [1.82, 2.24) is 14.8 Å². The van der Waals surface area contributed by atoms with Gasteiger partial charge in [-0.05, 0) is 26.7 Å². The molecule has 1 aromatic heterocycles. The maximum atomic E-state index is 9.06. The van der Waals surface area contributed by atoms with Crippen molar-refractivity contribution in [2.24, 2.45) is 0 Å². The number of hydrogen-bond acceptors (Lipinski definition) is 3. The lowest BCUT2D eigenvalue weighted by Crippen LogP contribution is -2.09. The van der Waals surface area contributed by atoms with Gasteiger partial charge in [-0.3, -0.25) is 0 Å². The maximum absolute atomic E-state index is 9.06. The highest BCUT2D eigenvalue weighted by molar-refractivity contribution is 5.09. The number of hydrogen-bond donors (Lipinski definition) is 1. The van der Waals surface area contributed by atoms with Crippen molar-refractivity contribution in [2.75, 3.05) is 0 Å². The van der Waals surface area contributed by atoms with Crippen LogP contribution in [0.25, 0.3) is 0 Å². The van der Waals surface area contributed by atoms with E-state index in [1.54, 1.807) is 0 Å². The van der Waals surface area contributed by atoms with Crippen LogP contribution in [0.5, 0.6) is 0 Å². The van der Waals surface area contributed by atoms with Crippen molar-refractivity contribution in [3.63, 3.8) is 0 Å². The summed E-state index contributed by atoms with van der Waals surface area (Å²) in [4.78, 5) is 0. The van der Waals surface area contributed by atoms with Crippen LogP contribution in [0.4, 0.5) is 0 Å². The zero-order valence-corrected chi connectivity index (χ0v) is 8.06. The molecule has 1 saturated carbocycles. The van der Waals surface area contributed by atoms with Crippen LogP contribution in [0, 0.1) is 0 Å².